The molecule has 0 unspecified atom stereocenters. The van der Waals surface area contributed by atoms with Crippen molar-refractivity contribution in [3.05, 3.63) is 77.9 Å². The minimum atomic E-state index is 0.0557. The van der Waals surface area contributed by atoms with E-state index in [-0.39, 0.29) is 17.7 Å². The Morgan fingerprint density at radius 1 is 1.19 bits per heavy atom. The van der Waals surface area contributed by atoms with E-state index in [4.69, 9.17) is 5.73 Å². The fraction of sp³-hybridized carbons (Fsp3) is 0.286. The topological polar surface area (TPSA) is 77.0 Å². The van der Waals surface area contributed by atoms with Crippen molar-refractivity contribution < 1.29 is 4.79 Å². The van der Waals surface area contributed by atoms with E-state index in [2.05, 4.69) is 22.2 Å². The molecule has 2 N–H and O–H groups in total. The quantitative estimate of drug-likeness (QED) is 0.774. The Morgan fingerprint density at radius 3 is 2.67 bits per heavy atom. The van der Waals surface area contributed by atoms with Crippen LogP contribution in [0.4, 0.5) is 0 Å². The molecule has 0 aliphatic carbocycles. The third-order valence-electron chi connectivity index (χ3n) is 5.37. The molecule has 1 amide bonds. The zero-order chi connectivity index (χ0) is 18.8. The van der Waals surface area contributed by atoms with Crippen LogP contribution in [-0.2, 0) is 0 Å². The van der Waals surface area contributed by atoms with Crippen LogP contribution in [0.15, 0.2) is 61.2 Å². The molecule has 4 rings (SSSR count). The molecule has 2 atom stereocenters. The van der Waals surface area contributed by atoms with Gasteiger partial charge in [0.15, 0.2) is 0 Å². The van der Waals surface area contributed by atoms with Gasteiger partial charge in [0.25, 0.3) is 5.91 Å². The second kappa shape index (κ2) is 7.32. The molecule has 27 heavy (non-hydrogen) atoms. The maximum absolute atomic E-state index is 13.1. The molecule has 1 aliphatic heterocycles. The van der Waals surface area contributed by atoms with Gasteiger partial charge in [-0.3, -0.25) is 4.79 Å². The fourth-order valence-electron chi connectivity index (χ4n) is 3.91. The summed E-state index contributed by atoms with van der Waals surface area (Å²) in [4.78, 5) is 19.0. The molecule has 1 aliphatic rings. The number of rotatable bonds is 4. The van der Waals surface area contributed by atoms with Crippen LogP contribution < -0.4 is 5.73 Å². The minimum absolute atomic E-state index is 0.0557. The molecule has 0 spiro atoms. The van der Waals surface area contributed by atoms with Crippen LogP contribution in [-0.4, -0.2) is 45.2 Å². The Balaban J connectivity index is 1.55. The number of nitrogens with zero attached hydrogens (tertiary/aromatic N) is 4. The summed E-state index contributed by atoms with van der Waals surface area (Å²) < 4.78 is 1.70. The van der Waals surface area contributed by atoms with Gasteiger partial charge in [0.05, 0.1) is 5.69 Å². The maximum atomic E-state index is 13.1. The molecule has 2 heterocycles. The number of aryl methyl sites for hydroxylation is 1. The third-order valence-corrected chi connectivity index (χ3v) is 5.37. The van der Waals surface area contributed by atoms with Crippen molar-refractivity contribution in [2.75, 3.05) is 19.6 Å². The van der Waals surface area contributed by atoms with Gasteiger partial charge in [0, 0.05) is 24.6 Å². The van der Waals surface area contributed by atoms with E-state index in [0.717, 1.165) is 11.3 Å². The summed E-state index contributed by atoms with van der Waals surface area (Å²) in [6.07, 6.45) is 3.15. The van der Waals surface area contributed by atoms with Gasteiger partial charge in [0.1, 0.15) is 12.7 Å². The van der Waals surface area contributed by atoms with Crippen LogP contribution in [0.25, 0.3) is 5.69 Å². The summed E-state index contributed by atoms with van der Waals surface area (Å²) in [5, 5.41) is 4.16. The van der Waals surface area contributed by atoms with Crippen molar-refractivity contribution in [2.45, 2.75) is 12.8 Å². The first-order chi connectivity index (χ1) is 13.2. The zero-order valence-electron chi connectivity index (χ0n) is 15.3. The predicted molar refractivity (Wildman–Crippen MR) is 104 cm³/mol. The Morgan fingerprint density at radius 2 is 2.00 bits per heavy atom. The van der Waals surface area contributed by atoms with Gasteiger partial charge in [-0.25, -0.2) is 9.67 Å². The van der Waals surface area contributed by atoms with Gasteiger partial charge in [0.2, 0.25) is 0 Å². The van der Waals surface area contributed by atoms with Crippen LogP contribution in [0.1, 0.15) is 27.4 Å². The number of aromatic nitrogens is 3. The maximum Gasteiger partial charge on any atom is 0.253 e. The van der Waals surface area contributed by atoms with E-state index in [0.29, 0.717) is 25.2 Å². The first-order valence-electron chi connectivity index (χ1n) is 9.17. The number of hydrogen-bond acceptors (Lipinski definition) is 4. The molecular weight excluding hydrogens is 338 g/mol. The second-order valence-corrected chi connectivity index (χ2v) is 7.06. The SMILES string of the molecule is Cc1cc(C(=O)N2C[C@@H](CN)[C@H](c3ccccc3)C2)ccc1-n1cncn1. The summed E-state index contributed by atoms with van der Waals surface area (Å²) in [7, 11) is 0. The van der Waals surface area contributed by atoms with Gasteiger partial charge in [-0.15, -0.1) is 0 Å². The number of nitrogens with two attached hydrogens (primary N) is 1. The Bertz CT molecular complexity index is 923. The first kappa shape index (κ1) is 17.4. The molecule has 3 aromatic rings. The van der Waals surface area contributed by atoms with Gasteiger partial charge < -0.3 is 10.6 Å². The van der Waals surface area contributed by atoms with Crippen LogP contribution in [0.3, 0.4) is 0 Å². The summed E-state index contributed by atoms with van der Waals surface area (Å²) in [5.41, 5.74) is 9.86. The van der Waals surface area contributed by atoms with Gasteiger partial charge in [-0.05, 0) is 48.7 Å². The van der Waals surface area contributed by atoms with Crippen molar-refractivity contribution in [1.82, 2.24) is 19.7 Å². The van der Waals surface area contributed by atoms with Crippen molar-refractivity contribution in [1.29, 1.82) is 0 Å². The highest BCUT2D eigenvalue weighted by molar-refractivity contribution is 5.95. The molecular formula is C21H23N5O. The number of likely N-dealkylation sites (tertiary alicyclic amines) is 1. The highest BCUT2D eigenvalue weighted by atomic mass is 16.2. The second-order valence-electron chi connectivity index (χ2n) is 7.06. The van der Waals surface area contributed by atoms with Crippen LogP contribution in [0, 0.1) is 12.8 Å². The van der Waals surface area contributed by atoms with Crippen molar-refractivity contribution >= 4 is 5.91 Å². The molecule has 6 nitrogen and oxygen atoms in total. The predicted octanol–water partition coefficient (Wildman–Crippen LogP) is 2.39. The van der Waals surface area contributed by atoms with E-state index < -0.39 is 0 Å². The Hall–Kier alpha value is -2.99. The molecule has 0 saturated carbocycles. The highest BCUT2D eigenvalue weighted by Gasteiger charge is 2.35. The zero-order valence-corrected chi connectivity index (χ0v) is 15.3. The van der Waals surface area contributed by atoms with Gasteiger partial charge in [-0.2, -0.15) is 5.10 Å². The van der Waals surface area contributed by atoms with E-state index in [9.17, 15) is 4.79 Å². The van der Waals surface area contributed by atoms with Crippen LogP contribution in [0.5, 0.6) is 0 Å². The normalized spacial score (nSPS) is 19.4. The molecule has 1 fully saturated rings. The standard InChI is InChI=1S/C21H23N5O/c1-15-9-17(7-8-20(15)26-14-23-13-24-26)21(27)25-11-18(10-22)19(12-25)16-5-3-2-4-6-16/h2-9,13-14,18-19H,10-12,22H2,1H3/t18-,19+/m1/s1. The Labute approximate surface area is 158 Å². The fourth-order valence-corrected chi connectivity index (χ4v) is 3.91. The van der Waals surface area contributed by atoms with Crippen LogP contribution >= 0.6 is 0 Å². The lowest BCUT2D eigenvalue weighted by atomic mass is 9.89. The molecule has 1 saturated heterocycles. The number of carbonyl (C=O) groups excluding carboxylic acids is 1. The van der Waals surface area contributed by atoms with E-state index in [1.807, 2.05) is 48.2 Å². The monoisotopic (exact) mass is 361 g/mol. The number of carbonyl (C=O) groups is 1. The molecule has 6 heteroatoms. The smallest absolute Gasteiger partial charge is 0.253 e. The number of benzene rings is 2. The van der Waals surface area contributed by atoms with Crippen molar-refractivity contribution in [3.8, 4) is 5.69 Å². The molecule has 138 valence electrons. The van der Waals surface area contributed by atoms with Gasteiger partial charge >= 0.3 is 0 Å². The lowest BCUT2D eigenvalue weighted by Gasteiger charge is -2.17. The molecule has 1 aromatic heterocycles. The average molecular weight is 361 g/mol. The van der Waals surface area contributed by atoms with E-state index in [1.54, 1.807) is 11.0 Å². The van der Waals surface area contributed by atoms with Crippen LogP contribution in [0.2, 0.25) is 0 Å². The van der Waals surface area contributed by atoms with Crippen molar-refractivity contribution in [3.63, 3.8) is 0 Å². The molecule has 0 radical (unpaired) electrons. The van der Waals surface area contributed by atoms with E-state index >= 15 is 0 Å². The average Bonchev–Trinajstić information content (AvgIpc) is 3.38. The summed E-state index contributed by atoms with van der Waals surface area (Å²) in [6.45, 7) is 3.95. The molecule has 0 bridgehead atoms. The third kappa shape index (κ3) is 3.36. The highest BCUT2D eigenvalue weighted by Crippen LogP contribution is 2.33. The molecule has 2 aromatic carbocycles. The van der Waals surface area contributed by atoms with E-state index in [1.165, 1.54) is 11.9 Å². The summed E-state index contributed by atoms with van der Waals surface area (Å²) in [6, 6.07) is 16.0. The summed E-state index contributed by atoms with van der Waals surface area (Å²) >= 11 is 0. The Kier molecular flexibility index (Phi) is 4.73. The summed E-state index contributed by atoms with van der Waals surface area (Å²) in [5.74, 6) is 0.627. The lowest BCUT2D eigenvalue weighted by molar-refractivity contribution is 0.0786. The first-order valence-corrected chi connectivity index (χ1v) is 9.17. The van der Waals surface area contributed by atoms with Crippen molar-refractivity contribution in [2.24, 2.45) is 11.7 Å². The minimum Gasteiger partial charge on any atom is -0.338 e. The number of hydrogen-bond donors (Lipinski definition) is 1. The van der Waals surface area contributed by atoms with Gasteiger partial charge in [-0.1, -0.05) is 30.3 Å². The largest absolute Gasteiger partial charge is 0.338 e. The lowest BCUT2D eigenvalue weighted by Crippen LogP contribution is -2.30. The number of amides is 1.